The summed E-state index contributed by atoms with van der Waals surface area (Å²) in [6.07, 6.45) is 4.57. The fourth-order valence-corrected chi connectivity index (χ4v) is 2.09. The van der Waals surface area contributed by atoms with E-state index in [-0.39, 0.29) is 23.6 Å². The van der Waals surface area contributed by atoms with Crippen LogP contribution in [0.25, 0.3) is 0 Å². The first-order valence-corrected chi connectivity index (χ1v) is 6.22. The maximum atomic E-state index is 11.7. The van der Waals surface area contributed by atoms with E-state index in [0.29, 0.717) is 12.1 Å². The van der Waals surface area contributed by atoms with Crippen LogP contribution in [0.2, 0.25) is 0 Å². The first-order valence-electron chi connectivity index (χ1n) is 6.22. The van der Waals surface area contributed by atoms with Gasteiger partial charge in [-0.25, -0.2) is 4.79 Å². The monoisotopic (exact) mass is 263 g/mol. The molecule has 0 aliphatic heterocycles. The maximum Gasteiger partial charge on any atom is 0.335 e. The number of hydrogen-bond donors (Lipinski definition) is 3. The minimum absolute atomic E-state index is 0.121. The Morgan fingerprint density at radius 3 is 2.79 bits per heavy atom. The predicted octanol–water partition coefficient (Wildman–Crippen LogP) is 0.667. The number of aromatic nitrogens is 1. The summed E-state index contributed by atoms with van der Waals surface area (Å²) in [5, 5.41) is 11.6. The van der Waals surface area contributed by atoms with Crippen molar-refractivity contribution in [2.75, 3.05) is 0 Å². The van der Waals surface area contributed by atoms with E-state index >= 15 is 0 Å². The van der Waals surface area contributed by atoms with E-state index < -0.39 is 5.97 Å². The Morgan fingerprint density at radius 2 is 2.21 bits per heavy atom. The van der Waals surface area contributed by atoms with Crippen LogP contribution in [0.5, 0.6) is 0 Å². The summed E-state index contributed by atoms with van der Waals surface area (Å²) < 4.78 is 0. The number of carboxylic acids is 1. The first-order chi connectivity index (χ1) is 8.98. The minimum atomic E-state index is -1.01. The number of nitrogens with two attached hydrogens (primary N) is 1. The van der Waals surface area contributed by atoms with Crippen LogP contribution in [-0.4, -0.2) is 27.5 Å². The average Bonchev–Trinajstić information content (AvgIpc) is 2.35. The van der Waals surface area contributed by atoms with Crippen LogP contribution in [0.15, 0.2) is 18.3 Å². The Morgan fingerprint density at radius 1 is 1.47 bits per heavy atom. The van der Waals surface area contributed by atoms with Crippen molar-refractivity contribution >= 4 is 11.9 Å². The third-order valence-corrected chi connectivity index (χ3v) is 3.39. The summed E-state index contributed by atoms with van der Waals surface area (Å²) in [5.41, 5.74) is 6.32. The minimum Gasteiger partial charge on any atom is -0.478 e. The van der Waals surface area contributed by atoms with Crippen LogP contribution in [0.3, 0.4) is 0 Å². The van der Waals surface area contributed by atoms with E-state index in [1.807, 2.05) is 0 Å². The molecule has 19 heavy (non-hydrogen) atoms. The van der Waals surface area contributed by atoms with Crippen LogP contribution in [0, 0.1) is 0 Å². The smallest absolute Gasteiger partial charge is 0.335 e. The third-order valence-electron chi connectivity index (χ3n) is 3.39. The molecule has 0 unspecified atom stereocenters. The molecule has 6 heteroatoms. The van der Waals surface area contributed by atoms with Gasteiger partial charge >= 0.3 is 5.97 Å². The van der Waals surface area contributed by atoms with Crippen LogP contribution in [0.1, 0.15) is 41.7 Å². The second-order valence-corrected chi connectivity index (χ2v) is 5.01. The summed E-state index contributed by atoms with van der Waals surface area (Å²) in [4.78, 5) is 26.5. The Bertz CT molecular complexity index is 498. The zero-order valence-corrected chi connectivity index (χ0v) is 10.6. The van der Waals surface area contributed by atoms with Gasteiger partial charge in [0.2, 0.25) is 5.91 Å². The van der Waals surface area contributed by atoms with Crippen LogP contribution >= 0.6 is 0 Å². The molecule has 0 aromatic carbocycles. The summed E-state index contributed by atoms with van der Waals surface area (Å²) in [5.74, 6) is -1.13. The third kappa shape index (κ3) is 3.51. The van der Waals surface area contributed by atoms with Crippen molar-refractivity contribution in [2.45, 2.75) is 37.8 Å². The van der Waals surface area contributed by atoms with Gasteiger partial charge in [0.05, 0.1) is 17.8 Å². The van der Waals surface area contributed by atoms with E-state index in [4.69, 9.17) is 10.8 Å². The molecule has 0 saturated heterocycles. The lowest BCUT2D eigenvalue weighted by Crippen LogP contribution is -2.49. The molecule has 1 aliphatic carbocycles. The van der Waals surface area contributed by atoms with Crippen LogP contribution < -0.4 is 11.1 Å². The number of rotatable bonds is 5. The Kier molecular flexibility index (Phi) is 3.80. The molecule has 1 aromatic heterocycles. The molecule has 102 valence electrons. The maximum absolute atomic E-state index is 11.7. The van der Waals surface area contributed by atoms with Crippen molar-refractivity contribution < 1.29 is 14.7 Å². The zero-order valence-electron chi connectivity index (χ0n) is 10.6. The van der Waals surface area contributed by atoms with Crippen molar-refractivity contribution in [1.29, 1.82) is 0 Å². The van der Waals surface area contributed by atoms with Gasteiger partial charge in [0, 0.05) is 18.2 Å². The van der Waals surface area contributed by atoms with E-state index in [2.05, 4.69) is 10.3 Å². The number of carbonyl (C=O) groups is 2. The van der Waals surface area contributed by atoms with Crippen LogP contribution in [0.4, 0.5) is 0 Å². The number of carbonyl (C=O) groups excluding carboxylic acids is 1. The van der Waals surface area contributed by atoms with E-state index in [0.717, 1.165) is 19.3 Å². The Hall–Kier alpha value is -1.95. The predicted molar refractivity (Wildman–Crippen MR) is 68.4 cm³/mol. The molecule has 1 fully saturated rings. The molecule has 0 atom stereocenters. The highest BCUT2D eigenvalue weighted by Gasteiger charge is 2.34. The zero-order chi connectivity index (χ0) is 13.9. The number of aromatic carboxylic acids is 1. The average molecular weight is 263 g/mol. The van der Waals surface area contributed by atoms with Crippen molar-refractivity contribution in [3.8, 4) is 0 Å². The molecule has 1 amide bonds. The van der Waals surface area contributed by atoms with Crippen molar-refractivity contribution in [1.82, 2.24) is 10.3 Å². The van der Waals surface area contributed by atoms with Gasteiger partial charge in [-0.1, -0.05) is 0 Å². The second-order valence-electron chi connectivity index (χ2n) is 5.01. The summed E-state index contributed by atoms with van der Waals surface area (Å²) >= 11 is 0. The molecule has 2 rings (SSSR count). The molecule has 1 heterocycles. The molecule has 1 saturated carbocycles. The first kappa shape index (κ1) is 13.5. The van der Waals surface area contributed by atoms with Crippen molar-refractivity contribution in [2.24, 2.45) is 5.73 Å². The van der Waals surface area contributed by atoms with Crippen LogP contribution in [-0.2, 0) is 11.3 Å². The number of pyridine rings is 1. The second kappa shape index (κ2) is 5.36. The normalized spacial score (nSPS) is 16.5. The molecular formula is C13H17N3O3. The highest BCUT2D eigenvalue weighted by atomic mass is 16.4. The lowest BCUT2D eigenvalue weighted by molar-refractivity contribution is -0.123. The molecule has 4 N–H and O–H groups in total. The highest BCUT2D eigenvalue weighted by molar-refractivity contribution is 5.87. The van der Waals surface area contributed by atoms with Gasteiger partial charge in [0.25, 0.3) is 0 Å². The lowest BCUT2D eigenvalue weighted by Gasteiger charge is -2.37. The van der Waals surface area contributed by atoms with Crippen molar-refractivity contribution in [3.05, 3.63) is 29.6 Å². The van der Waals surface area contributed by atoms with E-state index in [9.17, 15) is 9.59 Å². The fraction of sp³-hybridized carbons (Fsp3) is 0.462. The molecule has 0 spiro atoms. The summed E-state index contributed by atoms with van der Waals surface area (Å²) in [7, 11) is 0. The quantitative estimate of drug-likeness (QED) is 0.724. The number of nitrogens with one attached hydrogen (secondary N) is 1. The molecule has 1 aliphatic rings. The number of carboxylic acid groups (broad SMARTS) is 1. The van der Waals surface area contributed by atoms with E-state index in [1.54, 1.807) is 0 Å². The number of hydrogen-bond acceptors (Lipinski definition) is 4. The molecule has 6 nitrogen and oxygen atoms in total. The lowest BCUT2D eigenvalue weighted by atomic mass is 9.75. The molecular weight excluding hydrogens is 246 g/mol. The largest absolute Gasteiger partial charge is 0.478 e. The standard InChI is InChI=1S/C13H17N3O3/c14-13(3-1-4-13)7-11(17)16-8-10-6-9(12(18)19)2-5-15-10/h2,5-6H,1,3-4,7-8,14H2,(H,16,17)(H,18,19). The Balaban J connectivity index is 1.86. The van der Waals surface area contributed by atoms with Gasteiger partial charge in [0.15, 0.2) is 0 Å². The fourth-order valence-electron chi connectivity index (χ4n) is 2.09. The van der Waals surface area contributed by atoms with Gasteiger partial charge in [-0.05, 0) is 31.4 Å². The molecule has 0 bridgehead atoms. The van der Waals surface area contributed by atoms with Gasteiger partial charge in [-0.15, -0.1) is 0 Å². The topological polar surface area (TPSA) is 105 Å². The van der Waals surface area contributed by atoms with Gasteiger partial charge in [-0.3, -0.25) is 9.78 Å². The number of nitrogens with zero attached hydrogens (tertiary/aromatic N) is 1. The van der Waals surface area contributed by atoms with Crippen molar-refractivity contribution in [3.63, 3.8) is 0 Å². The summed E-state index contributed by atoms with van der Waals surface area (Å²) in [6, 6.07) is 2.86. The molecule has 1 aromatic rings. The SMILES string of the molecule is NC1(CC(=O)NCc2cc(C(=O)O)ccn2)CCC1. The highest BCUT2D eigenvalue weighted by Crippen LogP contribution is 2.31. The van der Waals surface area contributed by atoms with E-state index in [1.165, 1.54) is 18.3 Å². The number of amides is 1. The summed E-state index contributed by atoms with van der Waals surface area (Å²) in [6.45, 7) is 0.218. The molecule has 0 radical (unpaired) electrons. The van der Waals surface area contributed by atoms with Gasteiger partial charge in [0.1, 0.15) is 0 Å². The van der Waals surface area contributed by atoms with Gasteiger partial charge in [-0.2, -0.15) is 0 Å². The van der Waals surface area contributed by atoms with Gasteiger partial charge < -0.3 is 16.2 Å². The Labute approximate surface area is 111 Å².